The van der Waals surface area contributed by atoms with Gasteiger partial charge < -0.3 is 15.5 Å². The second-order valence-electron chi connectivity index (χ2n) is 6.19. The van der Waals surface area contributed by atoms with Crippen LogP contribution >= 0.6 is 0 Å². The number of nitrogens with two attached hydrogens (primary N) is 1. The van der Waals surface area contributed by atoms with Crippen LogP contribution in [0.4, 0.5) is 10.5 Å². The topological polar surface area (TPSA) is 93.7 Å². The van der Waals surface area contributed by atoms with E-state index in [0.717, 1.165) is 18.4 Å². The molecule has 1 aromatic rings. The van der Waals surface area contributed by atoms with Crippen molar-refractivity contribution in [3.8, 4) is 0 Å². The number of anilines is 1. The molecule has 1 aromatic carbocycles. The Bertz CT molecular complexity index is 655. The summed E-state index contributed by atoms with van der Waals surface area (Å²) < 4.78 is 0. The van der Waals surface area contributed by atoms with E-state index in [1.807, 2.05) is 0 Å². The molecular weight excluding hydrogens is 294 g/mol. The number of primary amides is 1. The maximum atomic E-state index is 12.6. The molecule has 23 heavy (non-hydrogen) atoms. The largest absolute Gasteiger partial charge is 0.368 e. The molecule has 2 atom stereocenters. The molecule has 0 saturated carbocycles. The summed E-state index contributed by atoms with van der Waals surface area (Å²) in [6.07, 6.45) is 1.71. The number of benzene rings is 1. The number of hydrogen-bond donors (Lipinski definition) is 2. The van der Waals surface area contributed by atoms with E-state index in [-0.39, 0.29) is 12.1 Å². The van der Waals surface area contributed by atoms with E-state index in [9.17, 15) is 9.59 Å². The first-order chi connectivity index (χ1) is 10.9. The summed E-state index contributed by atoms with van der Waals surface area (Å²) >= 11 is 0. The van der Waals surface area contributed by atoms with Gasteiger partial charge in [-0.25, -0.2) is 4.79 Å². The maximum Gasteiger partial charge on any atom is 0.325 e. The van der Waals surface area contributed by atoms with Gasteiger partial charge in [0.25, 0.3) is 0 Å². The highest BCUT2D eigenvalue weighted by molar-refractivity contribution is 6.04. The van der Waals surface area contributed by atoms with E-state index in [2.05, 4.69) is 0 Å². The Morgan fingerprint density at radius 1 is 1.30 bits per heavy atom. The van der Waals surface area contributed by atoms with Crippen LogP contribution in [0.15, 0.2) is 24.3 Å². The number of nitrogens with zero attached hydrogens (tertiary/aromatic N) is 3. The van der Waals surface area contributed by atoms with Crippen LogP contribution in [0.3, 0.4) is 0 Å². The summed E-state index contributed by atoms with van der Waals surface area (Å²) in [7, 11) is 3.61. The Balaban J connectivity index is 1.92. The Kier molecular flexibility index (Phi) is 3.71. The maximum absolute atomic E-state index is 12.6. The SMILES string of the molecule is CN(C)C(=N)c1ccc(N2C(=O)N3CCC[C@@H]3C2C(N)=O)cc1. The predicted octanol–water partition coefficient (Wildman–Crippen LogP) is 0.832. The molecule has 2 saturated heterocycles. The zero-order valence-electron chi connectivity index (χ0n) is 13.3. The molecular formula is C16H21N5O2. The zero-order valence-corrected chi connectivity index (χ0v) is 13.3. The predicted molar refractivity (Wildman–Crippen MR) is 87.5 cm³/mol. The lowest BCUT2D eigenvalue weighted by atomic mass is 10.0. The summed E-state index contributed by atoms with van der Waals surface area (Å²) in [5, 5.41) is 7.98. The average molecular weight is 315 g/mol. The molecule has 3 rings (SSSR count). The minimum absolute atomic E-state index is 0.125. The zero-order chi connectivity index (χ0) is 16.7. The third-order valence-electron chi connectivity index (χ3n) is 4.55. The highest BCUT2D eigenvalue weighted by atomic mass is 16.2. The van der Waals surface area contributed by atoms with Gasteiger partial charge >= 0.3 is 6.03 Å². The molecule has 0 aliphatic carbocycles. The average Bonchev–Trinajstić information content (AvgIpc) is 3.08. The molecule has 2 heterocycles. The van der Waals surface area contributed by atoms with E-state index in [0.29, 0.717) is 18.1 Å². The summed E-state index contributed by atoms with van der Waals surface area (Å²) in [5.74, 6) is -0.0887. The van der Waals surface area contributed by atoms with Crippen LogP contribution in [0.5, 0.6) is 0 Å². The Morgan fingerprint density at radius 3 is 2.52 bits per heavy atom. The van der Waals surface area contributed by atoms with Gasteiger partial charge in [0, 0.05) is 31.9 Å². The Labute approximate surface area is 135 Å². The fourth-order valence-corrected chi connectivity index (χ4v) is 3.41. The van der Waals surface area contributed by atoms with Gasteiger partial charge in [0.1, 0.15) is 11.9 Å². The highest BCUT2D eigenvalue weighted by Crippen LogP contribution is 2.35. The first-order valence-corrected chi connectivity index (χ1v) is 7.67. The van der Waals surface area contributed by atoms with Crippen molar-refractivity contribution in [3.05, 3.63) is 29.8 Å². The van der Waals surface area contributed by atoms with Crippen LogP contribution in [0.1, 0.15) is 18.4 Å². The second kappa shape index (κ2) is 5.57. The number of fused-ring (bicyclic) bond motifs is 1. The van der Waals surface area contributed by atoms with E-state index >= 15 is 0 Å². The van der Waals surface area contributed by atoms with Crippen molar-refractivity contribution in [1.82, 2.24) is 9.80 Å². The van der Waals surface area contributed by atoms with Gasteiger partial charge in [-0.2, -0.15) is 0 Å². The van der Waals surface area contributed by atoms with Crippen LogP contribution in [-0.4, -0.2) is 60.3 Å². The van der Waals surface area contributed by atoms with Gasteiger partial charge in [0.15, 0.2) is 0 Å². The molecule has 3 N–H and O–H groups in total. The lowest BCUT2D eigenvalue weighted by molar-refractivity contribution is -0.119. The fourth-order valence-electron chi connectivity index (χ4n) is 3.41. The monoisotopic (exact) mass is 315 g/mol. The third kappa shape index (κ3) is 2.42. The first-order valence-electron chi connectivity index (χ1n) is 7.67. The quantitative estimate of drug-likeness (QED) is 0.639. The van der Waals surface area contributed by atoms with Gasteiger partial charge in [-0.15, -0.1) is 0 Å². The molecule has 3 amide bonds. The number of hydrogen-bond acceptors (Lipinski definition) is 3. The number of carbonyl (C=O) groups is 2. The fraction of sp³-hybridized carbons (Fsp3) is 0.438. The summed E-state index contributed by atoms with van der Waals surface area (Å²) in [6.45, 7) is 0.674. The van der Waals surface area contributed by atoms with Crippen molar-refractivity contribution in [2.45, 2.75) is 24.9 Å². The van der Waals surface area contributed by atoms with Crippen LogP contribution in [0.2, 0.25) is 0 Å². The van der Waals surface area contributed by atoms with E-state index in [1.54, 1.807) is 48.2 Å². The van der Waals surface area contributed by atoms with Crippen molar-refractivity contribution in [3.63, 3.8) is 0 Å². The van der Waals surface area contributed by atoms with Crippen molar-refractivity contribution < 1.29 is 9.59 Å². The van der Waals surface area contributed by atoms with Gasteiger partial charge in [-0.3, -0.25) is 15.1 Å². The van der Waals surface area contributed by atoms with Crippen molar-refractivity contribution in [2.24, 2.45) is 5.73 Å². The third-order valence-corrected chi connectivity index (χ3v) is 4.55. The standard InChI is InChI=1S/C16H21N5O2/c1-19(2)14(17)10-5-7-11(8-6-10)21-13(15(18)22)12-4-3-9-20(12)16(21)23/h5-8,12-13,17H,3-4,9H2,1-2H3,(H2,18,22)/t12-,13?/m1/s1. The summed E-state index contributed by atoms with van der Waals surface area (Å²) in [6, 6.07) is 6.20. The molecule has 122 valence electrons. The van der Waals surface area contributed by atoms with Crippen molar-refractivity contribution in [2.75, 3.05) is 25.5 Å². The van der Waals surface area contributed by atoms with E-state index in [1.165, 1.54) is 4.90 Å². The van der Waals surface area contributed by atoms with E-state index < -0.39 is 11.9 Å². The molecule has 0 radical (unpaired) electrons. The Hall–Kier alpha value is -2.57. The van der Waals surface area contributed by atoms with E-state index in [4.69, 9.17) is 11.1 Å². The van der Waals surface area contributed by atoms with Gasteiger partial charge in [-0.05, 0) is 37.1 Å². The van der Waals surface area contributed by atoms with Gasteiger partial charge in [-0.1, -0.05) is 0 Å². The second-order valence-corrected chi connectivity index (χ2v) is 6.19. The lowest BCUT2D eigenvalue weighted by Gasteiger charge is -2.23. The number of amidine groups is 1. The molecule has 2 fully saturated rings. The number of nitrogens with one attached hydrogen (secondary N) is 1. The van der Waals surface area contributed by atoms with Crippen LogP contribution < -0.4 is 10.6 Å². The highest BCUT2D eigenvalue weighted by Gasteiger charge is 2.51. The van der Waals surface area contributed by atoms with Crippen LogP contribution in [-0.2, 0) is 4.79 Å². The van der Waals surface area contributed by atoms with Crippen LogP contribution in [0.25, 0.3) is 0 Å². The normalized spacial score (nSPS) is 23.1. The molecule has 2 aliphatic heterocycles. The number of carbonyl (C=O) groups excluding carboxylic acids is 2. The summed E-state index contributed by atoms with van der Waals surface area (Å²) in [5.41, 5.74) is 6.95. The molecule has 0 spiro atoms. The molecule has 2 aliphatic rings. The van der Waals surface area contributed by atoms with Gasteiger partial charge in [0.2, 0.25) is 5.91 Å². The number of rotatable bonds is 3. The number of amides is 3. The molecule has 0 aromatic heterocycles. The smallest absolute Gasteiger partial charge is 0.325 e. The first kappa shape index (κ1) is 15.3. The molecule has 7 nitrogen and oxygen atoms in total. The molecule has 0 bridgehead atoms. The number of urea groups is 1. The summed E-state index contributed by atoms with van der Waals surface area (Å²) in [4.78, 5) is 29.5. The van der Waals surface area contributed by atoms with Gasteiger partial charge in [0.05, 0.1) is 6.04 Å². The van der Waals surface area contributed by atoms with Crippen LogP contribution in [0, 0.1) is 5.41 Å². The molecule has 7 heteroatoms. The molecule has 1 unspecified atom stereocenters. The van der Waals surface area contributed by atoms with Crippen molar-refractivity contribution >= 4 is 23.5 Å². The Morgan fingerprint density at radius 2 is 1.96 bits per heavy atom. The minimum atomic E-state index is -0.621. The lowest BCUT2D eigenvalue weighted by Crippen LogP contribution is -2.46. The minimum Gasteiger partial charge on any atom is -0.368 e. The van der Waals surface area contributed by atoms with Crippen molar-refractivity contribution in [1.29, 1.82) is 5.41 Å².